The molecule has 3 nitrogen and oxygen atoms in total. The van der Waals surface area contributed by atoms with Gasteiger partial charge in [0, 0.05) is 8.95 Å². The highest BCUT2D eigenvalue weighted by Gasteiger charge is 2.16. The minimum atomic E-state index is 0.00812. The number of nitrogens with two attached hydrogens (primary N) is 1. The molecule has 2 aromatic carbocycles. The summed E-state index contributed by atoms with van der Waals surface area (Å²) >= 11 is 7.04. The van der Waals surface area contributed by atoms with Gasteiger partial charge in [-0.1, -0.05) is 56.1 Å². The molecule has 0 heterocycles. The first kappa shape index (κ1) is 15.5. The highest BCUT2D eigenvalue weighted by molar-refractivity contribution is 9.11. The Labute approximate surface area is 135 Å². The molecule has 0 aliphatic heterocycles. The minimum absolute atomic E-state index is 0.00812. The maximum atomic E-state index is 5.73. The van der Waals surface area contributed by atoms with Gasteiger partial charge in [-0.15, -0.1) is 0 Å². The average Bonchev–Trinajstić information content (AvgIpc) is 2.46. The summed E-state index contributed by atoms with van der Waals surface area (Å²) in [6.07, 6.45) is 0.751. The Morgan fingerprint density at radius 3 is 2.60 bits per heavy atom. The summed E-state index contributed by atoms with van der Waals surface area (Å²) in [5.74, 6) is 6.60. The van der Waals surface area contributed by atoms with Gasteiger partial charge in [0.2, 0.25) is 0 Å². The van der Waals surface area contributed by atoms with E-state index in [1.807, 2.05) is 36.4 Å². The van der Waals surface area contributed by atoms with Crippen LogP contribution in [0.15, 0.2) is 51.4 Å². The molecule has 0 fully saturated rings. The quantitative estimate of drug-likeness (QED) is 0.590. The molecule has 0 aliphatic rings. The van der Waals surface area contributed by atoms with Crippen molar-refractivity contribution in [1.82, 2.24) is 5.43 Å². The van der Waals surface area contributed by atoms with E-state index < -0.39 is 0 Å². The zero-order valence-corrected chi connectivity index (χ0v) is 14.2. The second-order valence-electron chi connectivity index (χ2n) is 4.40. The monoisotopic (exact) mass is 398 g/mol. The largest absolute Gasteiger partial charge is 0.496 e. The number of hydrazine groups is 1. The number of hydrogen-bond donors (Lipinski definition) is 2. The Hall–Kier alpha value is -0.880. The van der Waals surface area contributed by atoms with E-state index in [2.05, 4.69) is 43.4 Å². The van der Waals surface area contributed by atoms with Crippen molar-refractivity contribution in [1.29, 1.82) is 0 Å². The van der Waals surface area contributed by atoms with Gasteiger partial charge < -0.3 is 4.74 Å². The van der Waals surface area contributed by atoms with Crippen LogP contribution in [0, 0.1) is 0 Å². The van der Waals surface area contributed by atoms with E-state index in [4.69, 9.17) is 10.6 Å². The van der Waals surface area contributed by atoms with Gasteiger partial charge in [0.15, 0.2) is 0 Å². The van der Waals surface area contributed by atoms with E-state index in [1.54, 1.807) is 7.11 Å². The SMILES string of the molecule is COc1ccccc1CC(NN)c1ccc(Br)cc1Br. The van der Waals surface area contributed by atoms with Crippen LogP contribution < -0.4 is 16.0 Å². The molecule has 0 amide bonds. The summed E-state index contributed by atoms with van der Waals surface area (Å²) in [6, 6.07) is 14.1. The van der Waals surface area contributed by atoms with Crippen molar-refractivity contribution in [2.75, 3.05) is 7.11 Å². The fourth-order valence-electron chi connectivity index (χ4n) is 2.13. The van der Waals surface area contributed by atoms with Gasteiger partial charge in [-0.2, -0.15) is 0 Å². The molecular weight excluding hydrogens is 384 g/mol. The molecule has 0 spiro atoms. The van der Waals surface area contributed by atoms with Gasteiger partial charge in [0.25, 0.3) is 0 Å². The molecule has 0 radical (unpaired) electrons. The molecule has 0 bridgehead atoms. The third-order valence-corrected chi connectivity index (χ3v) is 4.34. The van der Waals surface area contributed by atoms with Crippen LogP contribution in [-0.4, -0.2) is 7.11 Å². The Balaban J connectivity index is 2.29. The van der Waals surface area contributed by atoms with Gasteiger partial charge in [-0.25, -0.2) is 0 Å². The fourth-order valence-corrected chi connectivity index (χ4v) is 3.46. The molecule has 0 aliphatic carbocycles. The lowest BCUT2D eigenvalue weighted by molar-refractivity contribution is 0.405. The number of ether oxygens (including phenoxy) is 1. The topological polar surface area (TPSA) is 47.3 Å². The van der Waals surface area contributed by atoms with Crippen molar-refractivity contribution < 1.29 is 4.74 Å². The average molecular weight is 400 g/mol. The lowest BCUT2D eigenvalue weighted by Gasteiger charge is -2.19. The minimum Gasteiger partial charge on any atom is -0.496 e. The zero-order chi connectivity index (χ0) is 14.5. The highest BCUT2D eigenvalue weighted by atomic mass is 79.9. The summed E-state index contributed by atoms with van der Waals surface area (Å²) in [5.41, 5.74) is 5.11. The molecule has 1 atom stereocenters. The summed E-state index contributed by atoms with van der Waals surface area (Å²) < 4.78 is 7.44. The predicted octanol–water partition coefficient (Wildman–Crippen LogP) is 3.97. The summed E-state index contributed by atoms with van der Waals surface area (Å²) in [5, 5.41) is 0. The first-order chi connectivity index (χ1) is 9.65. The van der Waals surface area contributed by atoms with Gasteiger partial charge in [0.05, 0.1) is 13.2 Å². The second kappa shape index (κ2) is 7.22. The van der Waals surface area contributed by atoms with Crippen LogP contribution in [-0.2, 0) is 6.42 Å². The zero-order valence-electron chi connectivity index (χ0n) is 11.1. The van der Waals surface area contributed by atoms with E-state index in [-0.39, 0.29) is 6.04 Å². The summed E-state index contributed by atoms with van der Waals surface area (Å²) in [7, 11) is 1.68. The van der Waals surface area contributed by atoms with Crippen LogP contribution in [0.5, 0.6) is 5.75 Å². The van der Waals surface area contributed by atoms with Crippen LogP contribution in [0.1, 0.15) is 17.2 Å². The number of nitrogens with one attached hydrogen (secondary N) is 1. The van der Waals surface area contributed by atoms with Crippen LogP contribution in [0.2, 0.25) is 0 Å². The second-order valence-corrected chi connectivity index (χ2v) is 6.17. The van der Waals surface area contributed by atoms with E-state index >= 15 is 0 Å². The normalized spacial score (nSPS) is 12.2. The number of methoxy groups -OCH3 is 1. The molecule has 2 aromatic rings. The Bertz CT molecular complexity index is 590. The van der Waals surface area contributed by atoms with Crippen molar-refractivity contribution >= 4 is 31.9 Å². The molecule has 1 unspecified atom stereocenters. The molecule has 0 aromatic heterocycles. The third kappa shape index (κ3) is 3.61. The predicted molar refractivity (Wildman–Crippen MR) is 88.6 cm³/mol. The maximum absolute atomic E-state index is 5.73. The van der Waals surface area contributed by atoms with Gasteiger partial charge in [0.1, 0.15) is 5.75 Å². The molecule has 0 saturated carbocycles. The van der Waals surface area contributed by atoms with Crippen molar-refractivity contribution in [2.45, 2.75) is 12.5 Å². The van der Waals surface area contributed by atoms with Gasteiger partial charge >= 0.3 is 0 Å². The summed E-state index contributed by atoms with van der Waals surface area (Å²) in [4.78, 5) is 0. The Morgan fingerprint density at radius 1 is 1.20 bits per heavy atom. The van der Waals surface area contributed by atoms with Crippen LogP contribution in [0.4, 0.5) is 0 Å². The standard InChI is InChI=1S/C15H16Br2N2O/c1-20-15-5-3-2-4-10(15)8-14(19-18)12-7-6-11(16)9-13(12)17/h2-7,9,14,19H,8,18H2,1H3. The third-order valence-electron chi connectivity index (χ3n) is 3.16. The fraction of sp³-hybridized carbons (Fsp3) is 0.200. The van der Waals surface area contributed by atoms with E-state index in [9.17, 15) is 0 Å². The van der Waals surface area contributed by atoms with Crippen molar-refractivity contribution in [3.63, 3.8) is 0 Å². The first-order valence-electron chi connectivity index (χ1n) is 6.18. The number of halogens is 2. The number of hydrogen-bond acceptors (Lipinski definition) is 3. The van der Waals surface area contributed by atoms with E-state index in [1.165, 1.54) is 0 Å². The lowest BCUT2D eigenvalue weighted by Crippen LogP contribution is -2.30. The highest BCUT2D eigenvalue weighted by Crippen LogP contribution is 2.30. The van der Waals surface area contributed by atoms with Crippen LogP contribution in [0.3, 0.4) is 0 Å². The van der Waals surface area contributed by atoms with Crippen molar-refractivity contribution in [3.8, 4) is 5.75 Å². The Morgan fingerprint density at radius 2 is 1.95 bits per heavy atom. The number of para-hydroxylation sites is 1. The van der Waals surface area contributed by atoms with Crippen LogP contribution in [0.25, 0.3) is 0 Å². The molecule has 106 valence electrons. The van der Waals surface area contributed by atoms with Gasteiger partial charge in [-0.3, -0.25) is 11.3 Å². The van der Waals surface area contributed by atoms with Gasteiger partial charge in [-0.05, 0) is 35.7 Å². The maximum Gasteiger partial charge on any atom is 0.122 e. The van der Waals surface area contributed by atoms with Crippen molar-refractivity contribution in [2.24, 2.45) is 5.84 Å². The molecule has 20 heavy (non-hydrogen) atoms. The molecule has 5 heteroatoms. The molecule has 0 saturated heterocycles. The smallest absolute Gasteiger partial charge is 0.122 e. The van der Waals surface area contributed by atoms with E-state index in [0.717, 1.165) is 32.2 Å². The number of benzene rings is 2. The van der Waals surface area contributed by atoms with E-state index in [0.29, 0.717) is 0 Å². The van der Waals surface area contributed by atoms with Crippen molar-refractivity contribution in [3.05, 3.63) is 62.5 Å². The molecular formula is C15H16Br2N2O. The molecule has 2 rings (SSSR count). The lowest BCUT2D eigenvalue weighted by atomic mass is 9.99. The number of rotatable bonds is 5. The summed E-state index contributed by atoms with van der Waals surface area (Å²) in [6.45, 7) is 0. The van der Waals surface area contributed by atoms with Crippen LogP contribution >= 0.6 is 31.9 Å². The molecule has 3 N–H and O–H groups in total. The first-order valence-corrected chi connectivity index (χ1v) is 7.77. The Kier molecular flexibility index (Phi) is 5.60.